The molecule has 0 bridgehead atoms. The summed E-state index contributed by atoms with van der Waals surface area (Å²) in [5.41, 5.74) is 1.16. The Hall–Kier alpha value is -1.92. The summed E-state index contributed by atoms with van der Waals surface area (Å²) in [6.07, 6.45) is 2.72. The number of hydrogen-bond donors (Lipinski definition) is 2. The van der Waals surface area contributed by atoms with E-state index in [2.05, 4.69) is 6.92 Å². The van der Waals surface area contributed by atoms with E-state index in [4.69, 9.17) is 9.47 Å². The van der Waals surface area contributed by atoms with E-state index in [1.165, 1.54) is 0 Å². The molecule has 3 rings (SSSR count). The first kappa shape index (κ1) is 18.9. The van der Waals surface area contributed by atoms with Gasteiger partial charge in [0, 0.05) is 10.8 Å². The maximum absolute atomic E-state index is 12.1. The fourth-order valence-corrected chi connectivity index (χ4v) is 3.92. The van der Waals surface area contributed by atoms with Crippen LogP contribution in [0.25, 0.3) is 0 Å². The van der Waals surface area contributed by atoms with Crippen LogP contribution in [0, 0.1) is 10.8 Å². The van der Waals surface area contributed by atoms with Crippen molar-refractivity contribution in [2.45, 2.75) is 39.5 Å². The second-order valence-electron chi connectivity index (χ2n) is 7.78. The number of benzene rings is 1. The van der Waals surface area contributed by atoms with Gasteiger partial charge in [0.25, 0.3) is 0 Å². The molecular formula is C20H26O6. The maximum Gasteiger partial charge on any atom is 0.336 e. The molecular weight excluding hydrogens is 336 g/mol. The topological polar surface area (TPSA) is 93.1 Å². The minimum Gasteiger partial charge on any atom is -0.478 e. The van der Waals surface area contributed by atoms with Gasteiger partial charge in [-0.2, -0.15) is 0 Å². The van der Waals surface area contributed by atoms with Crippen molar-refractivity contribution < 1.29 is 29.3 Å². The first-order chi connectivity index (χ1) is 12.4. The first-order valence-corrected chi connectivity index (χ1v) is 9.12. The van der Waals surface area contributed by atoms with Crippen LogP contribution < -0.4 is 0 Å². The molecule has 2 fully saturated rings. The van der Waals surface area contributed by atoms with Gasteiger partial charge in [0.05, 0.1) is 37.6 Å². The van der Waals surface area contributed by atoms with Crippen molar-refractivity contribution in [3.05, 3.63) is 34.4 Å². The average Bonchev–Trinajstić information content (AvgIpc) is 2.53. The van der Waals surface area contributed by atoms with E-state index in [-0.39, 0.29) is 22.0 Å². The molecule has 6 nitrogen and oxygen atoms in total. The van der Waals surface area contributed by atoms with Crippen molar-refractivity contribution in [2.24, 2.45) is 10.8 Å². The second kappa shape index (κ2) is 7.00. The third-order valence-electron chi connectivity index (χ3n) is 6.09. The number of ether oxygens (including phenoxy) is 2. The zero-order valence-corrected chi connectivity index (χ0v) is 15.3. The van der Waals surface area contributed by atoms with Gasteiger partial charge in [-0.05, 0) is 42.9 Å². The largest absolute Gasteiger partial charge is 0.478 e. The zero-order chi connectivity index (χ0) is 18.9. The van der Waals surface area contributed by atoms with E-state index in [1.54, 1.807) is 12.1 Å². The molecule has 0 aliphatic carbocycles. The molecule has 142 valence electrons. The summed E-state index contributed by atoms with van der Waals surface area (Å²) in [4.78, 5) is 23.9. The van der Waals surface area contributed by atoms with Gasteiger partial charge < -0.3 is 19.7 Å². The van der Waals surface area contributed by atoms with E-state index in [0.717, 1.165) is 12.8 Å². The molecule has 0 unspecified atom stereocenters. The zero-order valence-electron chi connectivity index (χ0n) is 15.3. The molecule has 2 aliphatic rings. The fourth-order valence-electron chi connectivity index (χ4n) is 3.92. The van der Waals surface area contributed by atoms with Crippen LogP contribution in [-0.2, 0) is 22.3 Å². The van der Waals surface area contributed by atoms with Crippen LogP contribution in [0.1, 0.15) is 58.5 Å². The van der Waals surface area contributed by atoms with Crippen LogP contribution in [0.4, 0.5) is 0 Å². The van der Waals surface area contributed by atoms with Gasteiger partial charge in [-0.15, -0.1) is 0 Å². The number of carbonyl (C=O) groups is 2. The molecule has 1 aromatic carbocycles. The number of carboxylic acids is 2. The van der Waals surface area contributed by atoms with Gasteiger partial charge in [0.2, 0.25) is 0 Å². The van der Waals surface area contributed by atoms with Gasteiger partial charge in [0.15, 0.2) is 0 Å². The van der Waals surface area contributed by atoms with Crippen molar-refractivity contribution >= 4 is 11.9 Å². The minimum atomic E-state index is -1.09. The van der Waals surface area contributed by atoms with Gasteiger partial charge in [-0.3, -0.25) is 0 Å². The molecule has 2 saturated heterocycles. The van der Waals surface area contributed by atoms with Gasteiger partial charge in [-0.1, -0.05) is 19.9 Å². The minimum absolute atomic E-state index is 0.0474. The third-order valence-corrected chi connectivity index (χ3v) is 6.09. The second-order valence-corrected chi connectivity index (χ2v) is 7.78. The summed E-state index contributed by atoms with van der Waals surface area (Å²) >= 11 is 0. The van der Waals surface area contributed by atoms with Crippen molar-refractivity contribution in [3.63, 3.8) is 0 Å². The third kappa shape index (κ3) is 3.23. The van der Waals surface area contributed by atoms with E-state index < -0.39 is 11.9 Å². The van der Waals surface area contributed by atoms with Crippen LogP contribution in [0.15, 0.2) is 12.1 Å². The lowest BCUT2D eigenvalue weighted by Crippen LogP contribution is -2.45. The predicted molar refractivity (Wildman–Crippen MR) is 94.9 cm³/mol. The molecule has 0 aromatic heterocycles. The van der Waals surface area contributed by atoms with Crippen molar-refractivity contribution in [2.75, 3.05) is 26.4 Å². The predicted octanol–water partition coefficient (Wildman–Crippen LogP) is 3.02. The fraction of sp³-hybridized carbons (Fsp3) is 0.600. The highest BCUT2D eigenvalue weighted by molar-refractivity contribution is 5.97. The summed E-state index contributed by atoms with van der Waals surface area (Å²) in [6.45, 7) is 6.42. The molecule has 2 N–H and O–H groups in total. The highest BCUT2D eigenvalue weighted by Crippen LogP contribution is 2.40. The molecule has 0 radical (unpaired) electrons. The summed E-state index contributed by atoms with van der Waals surface area (Å²) < 4.78 is 10.7. The standard InChI is InChI=1S/C20H26O6/c1-3-19(9-25-10-19)7-13-5-6-14(17(21)22)15(16(13)18(23)24)8-20(4-2)11-26-12-20/h5-6H,3-4,7-12H2,1-2H3,(H,21,22)(H,23,24). The summed E-state index contributed by atoms with van der Waals surface area (Å²) in [6, 6.07) is 3.23. The van der Waals surface area contributed by atoms with Crippen molar-refractivity contribution in [3.8, 4) is 0 Å². The van der Waals surface area contributed by atoms with Crippen LogP contribution in [0.5, 0.6) is 0 Å². The summed E-state index contributed by atoms with van der Waals surface area (Å²) in [7, 11) is 0. The lowest BCUT2D eigenvalue weighted by molar-refractivity contribution is -0.115. The van der Waals surface area contributed by atoms with E-state index in [1.807, 2.05) is 6.92 Å². The first-order valence-electron chi connectivity index (χ1n) is 9.12. The Labute approximate surface area is 153 Å². The number of aromatic carboxylic acids is 2. The monoisotopic (exact) mass is 362 g/mol. The normalized spacial score (nSPS) is 20.1. The highest BCUT2D eigenvalue weighted by Gasteiger charge is 2.41. The molecule has 1 aromatic rings. The smallest absolute Gasteiger partial charge is 0.336 e. The molecule has 26 heavy (non-hydrogen) atoms. The Balaban J connectivity index is 2.07. The molecule has 0 spiro atoms. The molecule has 6 heteroatoms. The van der Waals surface area contributed by atoms with E-state index in [0.29, 0.717) is 50.4 Å². The number of hydrogen-bond acceptors (Lipinski definition) is 4. The van der Waals surface area contributed by atoms with Crippen LogP contribution in [0.3, 0.4) is 0 Å². The van der Waals surface area contributed by atoms with Gasteiger partial charge in [0.1, 0.15) is 0 Å². The van der Waals surface area contributed by atoms with Crippen LogP contribution in [-0.4, -0.2) is 48.6 Å². The van der Waals surface area contributed by atoms with Crippen molar-refractivity contribution in [1.82, 2.24) is 0 Å². The van der Waals surface area contributed by atoms with Crippen LogP contribution >= 0.6 is 0 Å². The maximum atomic E-state index is 12.1. The van der Waals surface area contributed by atoms with Crippen molar-refractivity contribution in [1.29, 1.82) is 0 Å². The van der Waals surface area contributed by atoms with Gasteiger partial charge in [-0.25, -0.2) is 9.59 Å². The number of carboxylic acid groups (broad SMARTS) is 2. The Morgan fingerprint density at radius 2 is 1.46 bits per heavy atom. The lowest BCUT2D eigenvalue weighted by atomic mass is 9.72. The number of rotatable bonds is 8. The molecule has 2 aliphatic heterocycles. The Morgan fingerprint density at radius 1 is 0.923 bits per heavy atom. The average molecular weight is 362 g/mol. The summed E-state index contributed by atoms with van der Waals surface area (Å²) in [5, 5.41) is 19.5. The SMILES string of the molecule is CCC1(Cc2ccc(C(=O)O)c(CC3(CC)COC3)c2C(=O)O)COC1. The Morgan fingerprint density at radius 3 is 1.85 bits per heavy atom. The molecule has 0 atom stereocenters. The highest BCUT2D eigenvalue weighted by atomic mass is 16.5. The van der Waals surface area contributed by atoms with E-state index in [9.17, 15) is 19.8 Å². The lowest BCUT2D eigenvalue weighted by Gasteiger charge is -2.42. The van der Waals surface area contributed by atoms with Gasteiger partial charge >= 0.3 is 11.9 Å². The molecule has 2 heterocycles. The quantitative estimate of drug-likeness (QED) is 0.738. The Bertz CT molecular complexity index is 704. The van der Waals surface area contributed by atoms with Crippen LogP contribution in [0.2, 0.25) is 0 Å². The Kier molecular flexibility index (Phi) is 5.08. The molecule has 0 amide bonds. The van der Waals surface area contributed by atoms with E-state index >= 15 is 0 Å². The summed E-state index contributed by atoms with van der Waals surface area (Å²) in [5.74, 6) is -2.14. The molecule has 0 saturated carbocycles.